The highest BCUT2D eigenvalue weighted by Gasteiger charge is 2.42. The molecule has 1 fully saturated rings. The van der Waals surface area contributed by atoms with E-state index in [1.54, 1.807) is 42.5 Å². The minimum atomic E-state index is -0.749. The molecule has 0 radical (unpaired) electrons. The van der Waals surface area contributed by atoms with Crippen molar-refractivity contribution < 1.29 is 24.0 Å². The number of hydrogen-bond acceptors (Lipinski definition) is 5. The highest BCUT2D eigenvalue weighted by molar-refractivity contribution is 6.21. The van der Waals surface area contributed by atoms with Crippen LogP contribution in [0.2, 0.25) is 0 Å². The molecule has 0 bridgehead atoms. The molecule has 0 spiro atoms. The number of carbonyl (C=O) groups excluding carboxylic acids is 5. The normalized spacial score (nSPS) is 19.8. The van der Waals surface area contributed by atoms with Crippen molar-refractivity contribution >= 4 is 35.2 Å². The molecule has 4 rings (SSSR count). The second-order valence-corrected chi connectivity index (χ2v) is 8.85. The van der Waals surface area contributed by atoms with Crippen LogP contribution in [-0.2, 0) is 19.8 Å². The van der Waals surface area contributed by atoms with Crippen molar-refractivity contribution in [3.05, 3.63) is 64.7 Å². The molecule has 2 aromatic carbocycles. The summed E-state index contributed by atoms with van der Waals surface area (Å²) in [5, 5.41) is 5.24. The average molecular weight is 462 g/mol. The first-order chi connectivity index (χ1) is 16.2. The van der Waals surface area contributed by atoms with E-state index < -0.39 is 5.41 Å². The number of fused-ring (bicyclic) bond motifs is 1. The largest absolute Gasteiger partial charge is 0.326 e. The minimum absolute atomic E-state index is 0.150. The summed E-state index contributed by atoms with van der Waals surface area (Å²) < 4.78 is 0. The van der Waals surface area contributed by atoms with Crippen molar-refractivity contribution in [3.63, 3.8) is 0 Å². The third-order valence-corrected chi connectivity index (χ3v) is 6.70. The number of hydrogen-bond donors (Lipinski definition) is 2. The summed E-state index contributed by atoms with van der Waals surface area (Å²) in [5.41, 5.74) is 2.37. The second-order valence-electron chi connectivity index (χ2n) is 8.85. The van der Waals surface area contributed by atoms with E-state index in [1.165, 1.54) is 4.90 Å². The SMILES string of the molecule is CCC1(c2ccc(NC(=O)CCCN3C(=O)c4ccc(C)cc4C3=O)cc2)CCC(=O)NC1=O. The summed E-state index contributed by atoms with van der Waals surface area (Å²) in [6, 6.07) is 12.3. The number of nitrogens with zero attached hydrogens (tertiary/aromatic N) is 1. The Morgan fingerprint density at radius 2 is 1.74 bits per heavy atom. The van der Waals surface area contributed by atoms with Gasteiger partial charge in [-0.2, -0.15) is 0 Å². The van der Waals surface area contributed by atoms with E-state index >= 15 is 0 Å². The highest BCUT2D eigenvalue weighted by Crippen LogP contribution is 2.36. The van der Waals surface area contributed by atoms with Gasteiger partial charge in [-0.15, -0.1) is 0 Å². The van der Waals surface area contributed by atoms with E-state index in [0.717, 1.165) is 11.1 Å². The topological polar surface area (TPSA) is 113 Å². The zero-order valence-electron chi connectivity index (χ0n) is 19.3. The average Bonchev–Trinajstić information content (AvgIpc) is 3.04. The lowest BCUT2D eigenvalue weighted by Crippen LogP contribution is -2.51. The van der Waals surface area contributed by atoms with E-state index in [1.807, 2.05) is 13.8 Å². The van der Waals surface area contributed by atoms with Crippen LogP contribution < -0.4 is 10.6 Å². The van der Waals surface area contributed by atoms with Crippen LogP contribution in [0.1, 0.15) is 70.9 Å². The molecule has 0 saturated carbocycles. The lowest BCUT2D eigenvalue weighted by Gasteiger charge is -2.35. The second kappa shape index (κ2) is 9.21. The van der Waals surface area contributed by atoms with E-state index in [4.69, 9.17) is 0 Å². The maximum atomic E-state index is 12.5. The number of benzene rings is 2. The molecule has 1 unspecified atom stereocenters. The molecule has 5 amide bonds. The molecule has 1 saturated heterocycles. The molecule has 2 aliphatic heterocycles. The molecule has 8 nitrogen and oxygen atoms in total. The van der Waals surface area contributed by atoms with Gasteiger partial charge in [0.1, 0.15) is 0 Å². The predicted molar refractivity (Wildman–Crippen MR) is 125 cm³/mol. The monoisotopic (exact) mass is 461 g/mol. The molecule has 2 N–H and O–H groups in total. The zero-order chi connectivity index (χ0) is 24.5. The number of imide groups is 2. The lowest BCUT2D eigenvalue weighted by molar-refractivity contribution is -0.138. The highest BCUT2D eigenvalue weighted by atomic mass is 16.2. The van der Waals surface area contributed by atoms with E-state index in [2.05, 4.69) is 10.6 Å². The summed E-state index contributed by atoms with van der Waals surface area (Å²) in [4.78, 5) is 62.7. The smallest absolute Gasteiger partial charge is 0.261 e. The van der Waals surface area contributed by atoms with Crippen molar-refractivity contribution in [3.8, 4) is 0 Å². The Morgan fingerprint density at radius 3 is 2.41 bits per heavy atom. The van der Waals surface area contributed by atoms with Crippen LogP contribution in [0.3, 0.4) is 0 Å². The summed E-state index contributed by atoms with van der Waals surface area (Å²) in [5.74, 6) is -1.42. The van der Waals surface area contributed by atoms with Crippen molar-refractivity contribution in [2.45, 2.75) is 51.4 Å². The van der Waals surface area contributed by atoms with Crippen molar-refractivity contribution in [1.82, 2.24) is 10.2 Å². The van der Waals surface area contributed by atoms with Gasteiger partial charge in [-0.25, -0.2) is 0 Å². The Kier molecular flexibility index (Phi) is 6.32. The number of nitrogens with one attached hydrogen (secondary N) is 2. The molecule has 8 heteroatoms. The van der Waals surface area contributed by atoms with Crippen LogP contribution >= 0.6 is 0 Å². The van der Waals surface area contributed by atoms with Gasteiger partial charge in [0.05, 0.1) is 16.5 Å². The van der Waals surface area contributed by atoms with Crippen molar-refractivity contribution in [1.29, 1.82) is 0 Å². The first-order valence-electron chi connectivity index (χ1n) is 11.5. The van der Waals surface area contributed by atoms with Gasteiger partial charge >= 0.3 is 0 Å². The van der Waals surface area contributed by atoms with E-state index in [-0.39, 0.29) is 42.5 Å². The molecule has 0 aliphatic carbocycles. The maximum absolute atomic E-state index is 12.5. The quantitative estimate of drug-likeness (QED) is 0.616. The molecule has 2 aliphatic rings. The standard InChI is InChI=1S/C26H27N3O5/c1-3-26(13-12-22(31)28-25(26)34)17-7-9-18(10-8-17)27-21(30)5-4-14-29-23(32)19-11-6-16(2)15-20(19)24(29)33/h6-11,15H,3-5,12-14H2,1-2H3,(H,27,30)(H,28,31,34). The third-order valence-electron chi connectivity index (χ3n) is 6.70. The molecule has 1 atom stereocenters. The zero-order valence-corrected chi connectivity index (χ0v) is 19.3. The predicted octanol–water partition coefficient (Wildman–Crippen LogP) is 3.09. The Labute approximate surface area is 197 Å². The number of amides is 5. The summed E-state index contributed by atoms with van der Waals surface area (Å²) in [6.07, 6.45) is 1.82. The Hall–Kier alpha value is -3.81. The molecule has 2 aromatic rings. The van der Waals surface area contributed by atoms with Gasteiger partial charge in [-0.1, -0.05) is 30.7 Å². The molecule has 34 heavy (non-hydrogen) atoms. The van der Waals surface area contributed by atoms with Crippen LogP contribution in [0, 0.1) is 6.92 Å². The van der Waals surface area contributed by atoms with Crippen LogP contribution in [0.4, 0.5) is 5.69 Å². The summed E-state index contributed by atoms with van der Waals surface area (Å²) in [7, 11) is 0. The van der Waals surface area contributed by atoms with Crippen LogP contribution in [0.15, 0.2) is 42.5 Å². The van der Waals surface area contributed by atoms with Crippen LogP contribution in [0.5, 0.6) is 0 Å². The molecular formula is C26H27N3O5. The van der Waals surface area contributed by atoms with Gasteiger partial charge in [0.15, 0.2) is 0 Å². The first-order valence-corrected chi connectivity index (χ1v) is 11.5. The first kappa shape index (κ1) is 23.4. The Morgan fingerprint density at radius 1 is 1.03 bits per heavy atom. The minimum Gasteiger partial charge on any atom is -0.326 e. The summed E-state index contributed by atoms with van der Waals surface area (Å²) >= 11 is 0. The van der Waals surface area contributed by atoms with E-state index in [9.17, 15) is 24.0 Å². The van der Waals surface area contributed by atoms with Gasteiger partial charge in [0, 0.05) is 25.1 Å². The van der Waals surface area contributed by atoms with Gasteiger partial charge < -0.3 is 5.32 Å². The maximum Gasteiger partial charge on any atom is 0.261 e. The number of anilines is 1. The third kappa shape index (κ3) is 4.23. The van der Waals surface area contributed by atoms with Crippen LogP contribution in [0.25, 0.3) is 0 Å². The fraction of sp³-hybridized carbons (Fsp3) is 0.346. The number of aryl methyl sites for hydroxylation is 1. The number of carbonyl (C=O) groups is 5. The van der Waals surface area contributed by atoms with Gasteiger partial charge in [-0.3, -0.25) is 34.2 Å². The summed E-state index contributed by atoms with van der Waals surface area (Å²) in [6.45, 7) is 3.95. The Balaban J connectivity index is 1.32. The van der Waals surface area contributed by atoms with Gasteiger partial charge in [-0.05, 0) is 56.0 Å². The number of rotatable bonds is 7. The Bertz CT molecular complexity index is 1190. The molecule has 0 aromatic heterocycles. The van der Waals surface area contributed by atoms with E-state index in [0.29, 0.717) is 42.5 Å². The molecule has 2 heterocycles. The van der Waals surface area contributed by atoms with Gasteiger partial charge in [0.25, 0.3) is 11.8 Å². The fourth-order valence-electron chi connectivity index (χ4n) is 4.67. The van der Waals surface area contributed by atoms with Crippen molar-refractivity contribution in [2.24, 2.45) is 0 Å². The van der Waals surface area contributed by atoms with Gasteiger partial charge in [0.2, 0.25) is 17.7 Å². The fourth-order valence-corrected chi connectivity index (χ4v) is 4.67. The van der Waals surface area contributed by atoms with Crippen LogP contribution in [-0.4, -0.2) is 41.0 Å². The molecule has 176 valence electrons. The number of piperidine rings is 1. The molecular weight excluding hydrogens is 434 g/mol. The van der Waals surface area contributed by atoms with Crippen molar-refractivity contribution in [2.75, 3.05) is 11.9 Å². The lowest BCUT2D eigenvalue weighted by atomic mass is 9.72.